The van der Waals surface area contributed by atoms with Crippen molar-refractivity contribution in [2.24, 2.45) is 5.73 Å². The second-order valence-corrected chi connectivity index (χ2v) is 5.39. The first-order valence-corrected chi connectivity index (χ1v) is 7.11. The highest BCUT2D eigenvalue weighted by atomic mass is 15.1. The molecule has 3 rings (SSSR count). The van der Waals surface area contributed by atoms with Crippen LogP contribution in [0.4, 0.5) is 0 Å². The van der Waals surface area contributed by atoms with E-state index in [0.717, 1.165) is 19.5 Å². The van der Waals surface area contributed by atoms with Gasteiger partial charge in [0.2, 0.25) is 0 Å². The molecule has 1 atom stereocenters. The maximum Gasteiger partial charge on any atom is 0.0430 e. The van der Waals surface area contributed by atoms with Crippen molar-refractivity contribution >= 4 is 6.08 Å². The van der Waals surface area contributed by atoms with Crippen LogP contribution in [0, 0.1) is 0 Å². The van der Waals surface area contributed by atoms with Gasteiger partial charge in [0.05, 0.1) is 0 Å². The summed E-state index contributed by atoms with van der Waals surface area (Å²) in [5.74, 6) is 0. The highest BCUT2D eigenvalue weighted by molar-refractivity contribution is 5.55. The largest absolute Gasteiger partial charge is 0.371 e. The van der Waals surface area contributed by atoms with E-state index in [4.69, 9.17) is 5.73 Å². The van der Waals surface area contributed by atoms with Gasteiger partial charge in [-0.2, -0.15) is 0 Å². The lowest BCUT2D eigenvalue weighted by Gasteiger charge is -2.28. The van der Waals surface area contributed by atoms with Crippen LogP contribution < -0.4 is 5.73 Å². The average Bonchev–Trinajstić information content (AvgIpc) is 2.48. The Morgan fingerprint density at radius 3 is 2.60 bits per heavy atom. The molecule has 20 heavy (non-hydrogen) atoms. The summed E-state index contributed by atoms with van der Waals surface area (Å²) in [6.07, 6.45) is 5.26. The van der Waals surface area contributed by atoms with Gasteiger partial charge in [-0.1, -0.05) is 54.6 Å². The minimum atomic E-state index is 0.160. The molecule has 0 spiro atoms. The summed E-state index contributed by atoms with van der Waals surface area (Å²) in [5, 5.41) is 0. The van der Waals surface area contributed by atoms with Crippen molar-refractivity contribution in [2.75, 3.05) is 6.54 Å². The van der Waals surface area contributed by atoms with Crippen LogP contribution in [-0.2, 0) is 13.0 Å². The first-order valence-electron chi connectivity index (χ1n) is 7.11. The number of fused-ring (bicyclic) bond motifs is 1. The monoisotopic (exact) mass is 264 g/mol. The topological polar surface area (TPSA) is 29.3 Å². The zero-order valence-electron chi connectivity index (χ0n) is 11.6. The molecule has 2 aromatic rings. The molecule has 2 aromatic carbocycles. The van der Waals surface area contributed by atoms with Crippen LogP contribution in [-0.4, -0.2) is 17.5 Å². The maximum absolute atomic E-state index is 6.28. The van der Waals surface area contributed by atoms with E-state index in [-0.39, 0.29) is 6.04 Å². The Kier molecular flexibility index (Phi) is 3.84. The fourth-order valence-electron chi connectivity index (χ4n) is 2.71. The normalized spacial score (nSPS) is 14.9. The van der Waals surface area contributed by atoms with Gasteiger partial charge in [0.25, 0.3) is 0 Å². The first kappa shape index (κ1) is 12.9. The number of nitrogens with two attached hydrogens (primary N) is 1. The van der Waals surface area contributed by atoms with Crippen molar-refractivity contribution in [1.29, 1.82) is 0 Å². The summed E-state index contributed by atoms with van der Waals surface area (Å²) in [6, 6.07) is 19.1. The molecule has 0 aliphatic carbocycles. The molecule has 0 saturated carbocycles. The average molecular weight is 264 g/mol. The van der Waals surface area contributed by atoms with Gasteiger partial charge in [-0.05, 0) is 29.2 Å². The van der Waals surface area contributed by atoms with Crippen molar-refractivity contribution in [3.63, 3.8) is 0 Å². The Morgan fingerprint density at radius 2 is 1.75 bits per heavy atom. The number of hydrogen-bond donors (Lipinski definition) is 1. The molecule has 102 valence electrons. The molecule has 0 saturated heterocycles. The molecule has 0 unspecified atom stereocenters. The second kappa shape index (κ2) is 5.93. The summed E-state index contributed by atoms with van der Waals surface area (Å²) in [5.41, 5.74) is 10.3. The number of benzene rings is 2. The zero-order chi connectivity index (χ0) is 13.8. The molecule has 0 aromatic heterocycles. The molecule has 0 amide bonds. The predicted octanol–water partition coefficient (Wildman–Crippen LogP) is 3.04. The van der Waals surface area contributed by atoms with Crippen molar-refractivity contribution in [3.8, 4) is 0 Å². The van der Waals surface area contributed by atoms with Gasteiger partial charge < -0.3 is 10.6 Å². The van der Waals surface area contributed by atoms with Gasteiger partial charge in [-0.3, -0.25) is 0 Å². The van der Waals surface area contributed by atoms with Crippen LogP contribution in [0.25, 0.3) is 6.08 Å². The lowest BCUT2D eigenvalue weighted by molar-refractivity contribution is 0.337. The van der Waals surface area contributed by atoms with Crippen LogP contribution in [0.2, 0.25) is 0 Å². The number of nitrogens with zero attached hydrogens (tertiary/aromatic N) is 1. The molecule has 2 N–H and O–H groups in total. The molecule has 1 aliphatic rings. The van der Waals surface area contributed by atoms with Crippen LogP contribution in [0.3, 0.4) is 0 Å². The summed E-state index contributed by atoms with van der Waals surface area (Å²) in [4.78, 5) is 2.30. The predicted molar refractivity (Wildman–Crippen MR) is 84.0 cm³/mol. The van der Waals surface area contributed by atoms with Crippen molar-refractivity contribution in [3.05, 3.63) is 77.5 Å². The summed E-state index contributed by atoms with van der Waals surface area (Å²) in [6.45, 7) is 1.84. The van der Waals surface area contributed by atoms with Crippen LogP contribution in [0.1, 0.15) is 16.7 Å². The standard InChI is InChI=1S/C18H20N2/c19-18(12-15-6-2-1-3-7-15)14-20-11-10-16-8-4-5-9-17(16)13-20/h1-11,18H,12-14,19H2/t18-/m0/s1. The van der Waals surface area contributed by atoms with E-state index in [9.17, 15) is 0 Å². The Hall–Kier alpha value is -2.06. The van der Waals surface area contributed by atoms with Crippen molar-refractivity contribution in [2.45, 2.75) is 19.0 Å². The minimum Gasteiger partial charge on any atom is -0.371 e. The lowest BCUT2D eigenvalue weighted by atomic mass is 10.0. The molecular weight excluding hydrogens is 244 g/mol. The summed E-state index contributed by atoms with van der Waals surface area (Å²) < 4.78 is 0. The van der Waals surface area contributed by atoms with E-state index in [1.165, 1.54) is 16.7 Å². The van der Waals surface area contributed by atoms with E-state index in [1.807, 2.05) is 6.07 Å². The summed E-state index contributed by atoms with van der Waals surface area (Å²) in [7, 11) is 0. The van der Waals surface area contributed by atoms with Crippen molar-refractivity contribution in [1.82, 2.24) is 4.90 Å². The van der Waals surface area contributed by atoms with E-state index < -0.39 is 0 Å². The Balaban J connectivity index is 1.60. The Morgan fingerprint density at radius 1 is 1.00 bits per heavy atom. The molecule has 2 nitrogen and oxygen atoms in total. The first-order chi connectivity index (χ1) is 9.81. The smallest absolute Gasteiger partial charge is 0.0430 e. The van der Waals surface area contributed by atoms with Gasteiger partial charge in [0.1, 0.15) is 0 Å². The van der Waals surface area contributed by atoms with Crippen LogP contribution in [0.5, 0.6) is 0 Å². The molecule has 0 bridgehead atoms. The fourth-order valence-corrected chi connectivity index (χ4v) is 2.71. The maximum atomic E-state index is 6.28. The molecular formula is C18H20N2. The number of rotatable bonds is 4. The van der Waals surface area contributed by atoms with E-state index >= 15 is 0 Å². The highest BCUT2D eigenvalue weighted by Gasteiger charge is 2.13. The quantitative estimate of drug-likeness (QED) is 0.919. The van der Waals surface area contributed by atoms with Gasteiger partial charge in [-0.15, -0.1) is 0 Å². The third-order valence-electron chi connectivity index (χ3n) is 3.70. The minimum absolute atomic E-state index is 0.160. The van der Waals surface area contributed by atoms with E-state index in [2.05, 4.69) is 65.7 Å². The van der Waals surface area contributed by atoms with Gasteiger partial charge in [0, 0.05) is 25.3 Å². The third kappa shape index (κ3) is 3.09. The van der Waals surface area contributed by atoms with E-state index in [0.29, 0.717) is 0 Å². The Bertz CT molecular complexity index is 589. The van der Waals surface area contributed by atoms with Crippen LogP contribution >= 0.6 is 0 Å². The van der Waals surface area contributed by atoms with Gasteiger partial charge in [-0.25, -0.2) is 0 Å². The molecule has 2 heteroatoms. The zero-order valence-corrected chi connectivity index (χ0v) is 11.6. The van der Waals surface area contributed by atoms with Crippen LogP contribution in [0.15, 0.2) is 60.8 Å². The molecule has 1 aliphatic heterocycles. The fraction of sp³-hybridized carbons (Fsp3) is 0.222. The highest BCUT2D eigenvalue weighted by Crippen LogP contribution is 2.19. The number of hydrogen-bond acceptors (Lipinski definition) is 2. The SMILES string of the molecule is N[C@@H](Cc1ccccc1)CN1C=Cc2ccccc2C1. The lowest BCUT2D eigenvalue weighted by Crippen LogP contribution is -2.36. The molecule has 0 fully saturated rings. The Labute approximate surface area is 120 Å². The van der Waals surface area contributed by atoms with Crippen molar-refractivity contribution < 1.29 is 0 Å². The van der Waals surface area contributed by atoms with Gasteiger partial charge >= 0.3 is 0 Å². The summed E-state index contributed by atoms with van der Waals surface area (Å²) >= 11 is 0. The second-order valence-electron chi connectivity index (χ2n) is 5.39. The van der Waals surface area contributed by atoms with Gasteiger partial charge in [0.15, 0.2) is 0 Å². The van der Waals surface area contributed by atoms with E-state index in [1.54, 1.807) is 0 Å². The molecule has 1 heterocycles. The molecule has 0 radical (unpaired) electrons. The third-order valence-corrected chi connectivity index (χ3v) is 3.70.